The third kappa shape index (κ3) is 4.39. The van der Waals surface area contributed by atoms with Crippen LogP contribution in [0.15, 0.2) is 48.5 Å². The van der Waals surface area contributed by atoms with Gasteiger partial charge in [-0.25, -0.2) is 0 Å². The molecule has 2 aromatic rings. The highest BCUT2D eigenvalue weighted by molar-refractivity contribution is 5.38. The van der Waals surface area contributed by atoms with E-state index >= 15 is 0 Å². The van der Waals surface area contributed by atoms with Crippen molar-refractivity contribution in [2.45, 2.75) is 31.8 Å². The minimum Gasteiger partial charge on any atom is -0.497 e. The number of rotatable bonds is 7. The van der Waals surface area contributed by atoms with Gasteiger partial charge in [0.25, 0.3) is 0 Å². The van der Waals surface area contributed by atoms with Crippen molar-refractivity contribution in [1.82, 2.24) is 4.90 Å². The van der Waals surface area contributed by atoms with Crippen molar-refractivity contribution >= 4 is 0 Å². The molecule has 0 amide bonds. The van der Waals surface area contributed by atoms with E-state index in [9.17, 15) is 10.4 Å². The lowest BCUT2D eigenvalue weighted by molar-refractivity contribution is 0.142. The third-order valence-corrected chi connectivity index (χ3v) is 4.60. The molecule has 2 aromatic carbocycles. The molecule has 0 bridgehead atoms. The summed E-state index contributed by atoms with van der Waals surface area (Å²) in [7, 11) is 3.62. The van der Waals surface area contributed by atoms with Gasteiger partial charge in [-0.15, -0.1) is 0 Å². The van der Waals surface area contributed by atoms with Gasteiger partial charge in [-0.1, -0.05) is 36.4 Å². The first-order valence-electron chi connectivity index (χ1n) is 8.37. The SMILES string of the molecule is COc1ccc(C(CO)N(C)Cc2ccccc2C(C)(C)C#N)cc1. The fourth-order valence-corrected chi connectivity index (χ4v) is 3.03. The molecular formula is C21H26N2O2. The highest BCUT2D eigenvalue weighted by atomic mass is 16.5. The molecule has 0 aromatic heterocycles. The second kappa shape index (κ2) is 8.15. The molecule has 2 rings (SSSR count). The highest BCUT2D eigenvalue weighted by Gasteiger charge is 2.24. The average Bonchev–Trinajstić information content (AvgIpc) is 2.63. The predicted molar refractivity (Wildman–Crippen MR) is 99.4 cm³/mol. The standard InChI is InChI=1S/C21H26N2O2/c1-21(2,15-22)19-8-6-5-7-17(19)13-23(3)20(14-24)16-9-11-18(25-4)12-10-16/h5-12,20,24H,13-14H2,1-4H3. The number of ether oxygens (including phenoxy) is 1. The van der Waals surface area contributed by atoms with Gasteiger partial charge >= 0.3 is 0 Å². The van der Waals surface area contributed by atoms with Crippen LogP contribution in [0.3, 0.4) is 0 Å². The Morgan fingerprint density at radius 1 is 1.16 bits per heavy atom. The molecule has 0 saturated heterocycles. The number of methoxy groups -OCH3 is 1. The fourth-order valence-electron chi connectivity index (χ4n) is 3.03. The van der Waals surface area contributed by atoms with E-state index in [1.807, 2.05) is 69.4 Å². The molecule has 0 spiro atoms. The summed E-state index contributed by atoms with van der Waals surface area (Å²) in [6.07, 6.45) is 0. The summed E-state index contributed by atoms with van der Waals surface area (Å²) in [6, 6.07) is 18.0. The molecule has 0 heterocycles. The van der Waals surface area contributed by atoms with Crippen molar-refractivity contribution in [3.8, 4) is 11.8 Å². The molecule has 4 nitrogen and oxygen atoms in total. The van der Waals surface area contributed by atoms with Gasteiger partial charge in [0.05, 0.1) is 31.2 Å². The zero-order chi connectivity index (χ0) is 18.4. The predicted octanol–water partition coefficient (Wildman–Crippen LogP) is 3.66. The first-order valence-corrected chi connectivity index (χ1v) is 8.37. The van der Waals surface area contributed by atoms with Crippen LogP contribution >= 0.6 is 0 Å². The number of nitriles is 1. The van der Waals surface area contributed by atoms with Crippen molar-refractivity contribution < 1.29 is 9.84 Å². The van der Waals surface area contributed by atoms with Gasteiger partial charge in [0.15, 0.2) is 0 Å². The Morgan fingerprint density at radius 2 is 1.80 bits per heavy atom. The molecule has 4 heteroatoms. The number of aliphatic hydroxyl groups is 1. The Morgan fingerprint density at radius 3 is 2.36 bits per heavy atom. The minimum atomic E-state index is -0.549. The van der Waals surface area contributed by atoms with E-state index in [0.29, 0.717) is 6.54 Å². The third-order valence-electron chi connectivity index (χ3n) is 4.60. The molecular weight excluding hydrogens is 312 g/mol. The minimum absolute atomic E-state index is 0.0205. The largest absolute Gasteiger partial charge is 0.497 e. The molecule has 1 N–H and O–H groups in total. The van der Waals surface area contributed by atoms with Gasteiger partial charge in [-0.2, -0.15) is 5.26 Å². The van der Waals surface area contributed by atoms with Crippen LogP contribution in [0.25, 0.3) is 0 Å². The first kappa shape index (κ1) is 19.0. The maximum atomic E-state index is 9.90. The first-order chi connectivity index (χ1) is 11.9. The molecule has 0 saturated carbocycles. The van der Waals surface area contributed by atoms with Crippen LogP contribution < -0.4 is 4.74 Å². The Hall–Kier alpha value is -2.35. The molecule has 1 atom stereocenters. The van der Waals surface area contributed by atoms with Crippen LogP contribution in [-0.4, -0.2) is 30.8 Å². The number of aliphatic hydroxyl groups excluding tert-OH is 1. The van der Waals surface area contributed by atoms with Crippen molar-refractivity contribution in [1.29, 1.82) is 5.26 Å². The summed E-state index contributed by atoms with van der Waals surface area (Å²) in [5, 5.41) is 19.4. The molecule has 0 fully saturated rings. The van der Waals surface area contributed by atoms with Gasteiger partial charge in [-0.05, 0) is 49.7 Å². The fraction of sp³-hybridized carbons (Fsp3) is 0.381. The summed E-state index contributed by atoms with van der Waals surface area (Å²) in [5.74, 6) is 0.796. The second-order valence-electron chi connectivity index (χ2n) is 6.78. The maximum absolute atomic E-state index is 9.90. The van der Waals surface area contributed by atoms with Crippen LogP contribution in [0, 0.1) is 11.3 Å². The molecule has 0 aliphatic heterocycles. The Kier molecular flexibility index (Phi) is 6.19. The number of hydrogen-bond donors (Lipinski definition) is 1. The molecule has 132 valence electrons. The number of likely N-dealkylation sites (N-methyl/N-ethyl adjacent to an activating group) is 1. The van der Waals surface area contributed by atoms with Crippen LogP contribution in [0.5, 0.6) is 5.75 Å². The Balaban J connectivity index is 2.25. The van der Waals surface area contributed by atoms with Crippen LogP contribution in [0.1, 0.15) is 36.6 Å². The molecule has 0 aliphatic carbocycles. The van der Waals surface area contributed by atoms with E-state index < -0.39 is 5.41 Å². The maximum Gasteiger partial charge on any atom is 0.118 e. The van der Waals surface area contributed by atoms with Gasteiger partial charge in [0.1, 0.15) is 5.75 Å². The zero-order valence-electron chi connectivity index (χ0n) is 15.4. The quantitative estimate of drug-likeness (QED) is 0.837. The van der Waals surface area contributed by atoms with Crippen LogP contribution in [0.4, 0.5) is 0 Å². The van der Waals surface area contributed by atoms with Crippen molar-refractivity contribution in [2.24, 2.45) is 0 Å². The molecule has 1 unspecified atom stereocenters. The van der Waals surface area contributed by atoms with E-state index in [2.05, 4.69) is 11.0 Å². The van der Waals surface area contributed by atoms with E-state index in [0.717, 1.165) is 22.4 Å². The normalized spacial score (nSPS) is 12.7. The van der Waals surface area contributed by atoms with Crippen molar-refractivity contribution in [2.75, 3.05) is 20.8 Å². The van der Waals surface area contributed by atoms with Gasteiger partial charge in [-0.3, -0.25) is 4.90 Å². The summed E-state index contributed by atoms with van der Waals surface area (Å²) < 4.78 is 5.20. The van der Waals surface area contributed by atoms with Crippen molar-refractivity contribution in [3.05, 3.63) is 65.2 Å². The highest BCUT2D eigenvalue weighted by Crippen LogP contribution is 2.29. The van der Waals surface area contributed by atoms with Gasteiger partial charge in [0, 0.05) is 6.54 Å². The number of benzene rings is 2. The monoisotopic (exact) mass is 338 g/mol. The molecule has 0 radical (unpaired) electrons. The average molecular weight is 338 g/mol. The smallest absolute Gasteiger partial charge is 0.118 e. The summed E-state index contributed by atoms with van der Waals surface area (Å²) in [6.45, 7) is 4.53. The number of hydrogen-bond acceptors (Lipinski definition) is 4. The summed E-state index contributed by atoms with van der Waals surface area (Å²) in [4.78, 5) is 2.11. The van der Waals surface area contributed by atoms with Crippen LogP contribution in [0.2, 0.25) is 0 Å². The van der Waals surface area contributed by atoms with E-state index in [4.69, 9.17) is 4.74 Å². The van der Waals surface area contributed by atoms with Crippen LogP contribution in [-0.2, 0) is 12.0 Å². The topological polar surface area (TPSA) is 56.5 Å². The zero-order valence-corrected chi connectivity index (χ0v) is 15.4. The van der Waals surface area contributed by atoms with E-state index in [1.165, 1.54) is 0 Å². The van der Waals surface area contributed by atoms with E-state index in [-0.39, 0.29) is 12.6 Å². The summed E-state index contributed by atoms with van der Waals surface area (Å²) >= 11 is 0. The van der Waals surface area contributed by atoms with Gasteiger partial charge in [0.2, 0.25) is 0 Å². The molecule has 25 heavy (non-hydrogen) atoms. The lowest BCUT2D eigenvalue weighted by atomic mass is 9.83. The Labute approximate surface area is 150 Å². The van der Waals surface area contributed by atoms with Gasteiger partial charge < -0.3 is 9.84 Å². The van der Waals surface area contributed by atoms with Crippen molar-refractivity contribution in [3.63, 3.8) is 0 Å². The van der Waals surface area contributed by atoms with E-state index in [1.54, 1.807) is 7.11 Å². The second-order valence-corrected chi connectivity index (χ2v) is 6.78. The number of nitrogens with zero attached hydrogens (tertiary/aromatic N) is 2. The Bertz CT molecular complexity index is 732. The summed E-state index contributed by atoms with van der Waals surface area (Å²) in [5.41, 5.74) is 2.61. The molecule has 0 aliphatic rings. The lowest BCUT2D eigenvalue weighted by Gasteiger charge is -2.29. The lowest BCUT2D eigenvalue weighted by Crippen LogP contribution is -2.28.